The Bertz CT molecular complexity index is 1090. The molecule has 8 heteroatoms. The number of ether oxygens (including phenoxy) is 1. The summed E-state index contributed by atoms with van der Waals surface area (Å²) in [5, 5.41) is 13.6. The third kappa shape index (κ3) is 4.91. The molecule has 1 saturated carbocycles. The highest BCUT2D eigenvalue weighted by molar-refractivity contribution is 5.79. The number of aromatic nitrogens is 5. The monoisotopic (exact) mass is 438 g/mol. The van der Waals surface area contributed by atoms with Gasteiger partial charge in [-0.05, 0) is 59.7 Å². The summed E-state index contributed by atoms with van der Waals surface area (Å²) in [5.41, 5.74) is 2.80. The fraction of sp³-hybridized carbons (Fsp3) is 0.583. The second-order valence-electron chi connectivity index (χ2n) is 8.86. The zero-order valence-corrected chi connectivity index (χ0v) is 19.4. The predicted molar refractivity (Wildman–Crippen MR) is 124 cm³/mol. The Morgan fingerprint density at radius 2 is 2.06 bits per heavy atom. The van der Waals surface area contributed by atoms with Gasteiger partial charge in [-0.2, -0.15) is 0 Å². The number of fused-ring (bicyclic) bond motifs is 1. The fourth-order valence-corrected chi connectivity index (χ4v) is 4.93. The molecule has 1 aromatic carbocycles. The van der Waals surface area contributed by atoms with Gasteiger partial charge in [0.2, 0.25) is 0 Å². The Balaban J connectivity index is 1.70. The number of rotatable bonds is 9. The molecule has 0 amide bonds. The highest BCUT2D eigenvalue weighted by Crippen LogP contribution is 2.32. The van der Waals surface area contributed by atoms with Crippen LogP contribution in [0.25, 0.3) is 10.9 Å². The van der Waals surface area contributed by atoms with Crippen LogP contribution in [0.1, 0.15) is 68.4 Å². The van der Waals surface area contributed by atoms with E-state index in [2.05, 4.69) is 44.5 Å². The van der Waals surface area contributed by atoms with Crippen LogP contribution in [0.3, 0.4) is 0 Å². The molecule has 1 unspecified atom stereocenters. The zero-order chi connectivity index (χ0) is 22.5. The summed E-state index contributed by atoms with van der Waals surface area (Å²) in [5.74, 6) is 0.850. The molecule has 1 aliphatic carbocycles. The van der Waals surface area contributed by atoms with Crippen molar-refractivity contribution in [2.24, 2.45) is 0 Å². The highest BCUT2D eigenvalue weighted by atomic mass is 16.5. The summed E-state index contributed by atoms with van der Waals surface area (Å²) in [6.07, 6.45) is 6.87. The summed E-state index contributed by atoms with van der Waals surface area (Å²) >= 11 is 0. The maximum atomic E-state index is 13.0. The number of hydrogen-bond acceptors (Lipinski definition) is 6. The first kappa shape index (κ1) is 22.6. The van der Waals surface area contributed by atoms with Gasteiger partial charge in [-0.3, -0.25) is 9.69 Å². The van der Waals surface area contributed by atoms with Crippen molar-refractivity contribution < 1.29 is 4.74 Å². The average molecular weight is 439 g/mol. The van der Waals surface area contributed by atoms with Gasteiger partial charge in [0.1, 0.15) is 0 Å². The number of hydrogen-bond donors (Lipinski definition) is 1. The van der Waals surface area contributed by atoms with Gasteiger partial charge in [-0.25, -0.2) is 4.68 Å². The molecule has 32 heavy (non-hydrogen) atoms. The molecule has 0 aliphatic heterocycles. The number of nitrogens with one attached hydrogen (secondary N) is 1. The second kappa shape index (κ2) is 10.4. The van der Waals surface area contributed by atoms with Crippen molar-refractivity contribution in [3.8, 4) is 0 Å². The summed E-state index contributed by atoms with van der Waals surface area (Å²) in [6, 6.07) is 8.69. The highest BCUT2D eigenvalue weighted by Gasteiger charge is 2.31. The van der Waals surface area contributed by atoms with E-state index in [0.29, 0.717) is 25.7 Å². The summed E-state index contributed by atoms with van der Waals surface area (Å²) < 4.78 is 7.09. The lowest BCUT2D eigenvalue weighted by Gasteiger charge is -2.39. The second-order valence-corrected chi connectivity index (χ2v) is 8.86. The summed E-state index contributed by atoms with van der Waals surface area (Å²) in [6.45, 7) is 5.96. The molecule has 0 radical (unpaired) electrons. The molecule has 172 valence electrons. The quantitative estimate of drug-likeness (QED) is 0.547. The Morgan fingerprint density at radius 3 is 2.81 bits per heavy atom. The van der Waals surface area contributed by atoms with Crippen molar-refractivity contribution in [3.05, 3.63) is 51.6 Å². The number of nitrogens with zero attached hydrogens (tertiary/aromatic N) is 5. The van der Waals surface area contributed by atoms with Crippen LogP contribution in [-0.2, 0) is 17.8 Å². The van der Waals surface area contributed by atoms with E-state index in [1.165, 1.54) is 19.3 Å². The smallest absolute Gasteiger partial charge is 0.252 e. The Labute approximate surface area is 189 Å². The lowest BCUT2D eigenvalue weighted by Crippen LogP contribution is -2.41. The third-order valence-electron chi connectivity index (χ3n) is 6.63. The minimum absolute atomic E-state index is 0.0160. The van der Waals surface area contributed by atoms with Crippen LogP contribution in [0.15, 0.2) is 29.1 Å². The van der Waals surface area contributed by atoms with Crippen molar-refractivity contribution in [2.45, 2.75) is 77.5 Å². The number of H-pyrrole nitrogens is 1. The van der Waals surface area contributed by atoms with Crippen LogP contribution in [0.5, 0.6) is 0 Å². The van der Waals surface area contributed by atoms with E-state index in [-0.39, 0.29) is 11.6 Å². The van der Waals surface area contributed by atoms with Crippen LogP contribution in [0.2, 0.25) is 0 Å². The maximum absolute atomic E-state index is 13.0. The molecule has 1 N–H and O–H groups in total. The maximum Gasteiger partial charge on any atom is 0.252 e. The molecule has 2 heterocycles. The number of pyridine rings is 1. The summed E-state index contributed by atoms with van der Waals surface area (Å²) in [4.78, 5) is 18.6. The molecule has 4 rings (SSSR count). The minimum atomic E-state index is -0.0160. The molecule has 0 spiro atoms. The SMILES string of the molecule is CCC(c1nnnn1CCOC)N(Cc1cc2ccc(C)cc2[nH]c1=O)C1CCCCC1. The van der Waals surface area contributed by atoms with Crippen molar-refractivity contribution in [2.75, 3.05) is 13.7 Å². The predicted octanol–water partition coefficient (Wildman–Crippen LogP) is 3.76. The number of aryl methyl sites for hydroxylation is 1. The van der Waals surface area contributed by atoms with E-state index >= 15 is 0 Å². The third-order valence-corrected chi connectivity index (χ3v) is 6.63. The Kier molecular flexibility index (Phi) is 7.32. The van der Waals surface area contributed by atoms with Crippen LogP contribution in [0.4, 0.5) is 0 Å². The van der Waals surface area contributed by atoms with E-state index in [9.17, 15) is 4.79 Å². The largest absolute Gasteiger partial charge is 0.383 e. The molecule has 0 saturated heterocycles. The topological polar surface area (TPSA) is 88.9 Å². The normalized spacial score (nSPS) is 16.1. The van der Waals surface area contributed by atoms with Gasteiger partial charge in [-0.15, -0.1) is 5.10 Å². The van der Waals surface area contributed by atoms with Gasteiger partial charge >= 0.3 is 0 Å². The fourth-order valence-electron chi connectivity index (χ4n) is 4.93. The van der Waals surface area contributed by atoms with E-state index in [1.54, 1.807) is 7.11 Å². The van der Waals surface area contributed by atoms with Gasteiger partial charge in [0.15, 0.2) is 5.82 Å². The molecule has 0 bridgehead atoms. The van der Waals surface area contributed by atoms with Gasteiger partial charge in [0, 0.05) is 30.8 Å². The van der Waals surface area contributed by atoms with E-state index in [0.717, 1.165) is 47.1 Å². The lowest BCUT2D eigenvalue weighted by molar-refractivity contribution is 0.0826. The number of benzene rings is 1. The first-order valence-corrected chi connectivity index (χ1v) is 11.7. The van der Waals surface area contributed by atoms with Gasteiger partial charge in [0.05, 0.1) is 19.2 Å². The first-order valence-electron chi connectivity index (χ1n) is 11.7. The zero-order valence-electron chi connectivity index (χ0n) is 19.4. The summed E-state index contributed by atoms with van der Waals surface area (Å²) in [7, 11) is 1.68. The number of tetrazole rings is 1. The molecule has 2 aromatic heterocycles. The van der Waals surface area contributed by atoms with Gasteiger partial charge in [-0.1, -0.05) is 38.3 Å². The van der Waals surface area contributed by atoms with Gasteiger partial charge in [0.25, 0.3) is 5.56 Å². The van der Waals surface area contributed by atoms with Crippen LogP contribution >= 0.6 is 0 Å². The minimum Gasteiger partial charge on any atom is -0.383 e. The van der Waals surface area contributed by atoms with Crippen molar-refractivity contribution >= 4 is 10.9 Å². The standard InChI is InChI=1S/C24H34N6O2/c1-4-22(23-26-27-28-30(23)12-13-32-3)29(20-8-6-5-7-9-20)16-19-15-18-11-10-17(2)14-21(18)25-24(19)31/h10-11,14-15,20,22H,4-9,12-13,16H2,1-3H3,(H,25,31). The van der Waals surface area contributed by atoms with E-state index in [4.69, 9.17) is 4.74 Å². The molecule has 1 aliphatic rings. The molecule has 8 nitrogen and oxygen atoms in total. The Morgan fingerprint density at radius 1 is 1.25 bits per heavy atom. The molecule has 1 atom stereocenters. The van der Waals surface area contributed by atoms with E-state index < -0.39 is 0 Å². The van der Waals surface area contributed by atoms with Crippen LogP contribution in [-0.4, -0.2) is 49.8 Å². The van der Waals surface area contributed by atoms with Crippen molar-refractivity contribution in [1.29, 1.82) is 0 Å². The van der Waals surface area contributed by atoms with Gasteiger partial charge < -0.3 is 9.72 Å². The molecule has 1 fully saturated rings. The number of methoxy groups -OCH3 is 1. The first-order chi connectivity index (χ1) is 15.6. The molecular weight excluding hydrogens is 404 g/mol. The van der Waals surface area contributed by atoms with Crippen LogP contribution < -0.4 is 5.56 Å². The lowest BCUT2D eigenvalue weighted by atomic mass is 9.92. The molecular formula is C24H34N6O2. The average Bonchev–Trinajstić information content (AvgIpc) is 3.26. The van der Waals surface area contributed by atoms with Crippen LogP contribution in [0, 0.1) is 6.92 Å². The van der Waals surface area contributed by atoms with Crippen molar-refractivity contribution in [1.82, 2.24) is 30.1 Å². The molecule has 3 aromatic rings. The Hall–Kier alpha value is -2.58. The number of aromatic amines is 1. The van der Waals surface area contributed by atoms with Crippen molar-refractivity contribution in [3.63, 3.8) is 0 Å². The van der Waals surface area contributed by atoms with E-state index in [1.807, 2.05) is 23.7 Å².